The number of aromatic nitrogens is 1. The van der Waals surface area contributed by atoms with Crippen molar-refractivity contribution >= 4 is 15.9 Å². The highest BCUT2D eigenvalue weighted by atomic mass is 79.9. The van der Waals surface area contributed by atoms with Crippen molar-refractivity contribution in [2.45, 2.75) is 19.4 Å². The van der Waals surface area contributed by atoms with E-state index in [1.165, 1.54) is 0 Å². The monoisotopic (exact) mass is 273 g/mol. The Morgan fingerprint density at radius 1 is 1.60 bits per heavy atom. The molecule has 1 heterocycles. The Morgan fingerprint density at radius 2 is 2.40 bits per heavy atom. The molecular formula is C10H16BrN3O. The van der Waals surface area contributed by atoms with Gasteiger partial charge in [-0.25, -0.2) is 0 Å². The number of halogens is 1. The van der Waals surface area contributed by atoms with Crippen LogP contribution in [0.15, 0.2) is 22.9 Å². The molecule has 0 fully saturated rings. The molecule has 5 heteroatoms. The highest BCUT2D eigenvalue weighted by Gasteiger charge is 2.07. The van der Waals surface area contributed by atoms with Gasteiger partial charge in [-0.2, -0.15) is 0 Å². The Hall–Kier alpha value is -0.490. The lowest BCUT2D eigenvalue weighted by atomic mass is 10.1. The Balaban J connectivity index is 2.50. The minimum absolute atomic E-state index is 0.126. The largest absolute Gasteiger partial charge is 0.380 e. The maximum atomic E-state index is 5.44. The van der Waals surface area contributed by atoms with E-state index < -0.39 is 0 Å². The van der Waals surface area contributed by atoms with E-state index in [0.29, 0.717) is 13.2 Å². The molecule has 1 aromatic rings. The number of pyridine rings is 1. The summed E-state index contributed by atoms with van der Waals surface area (Å²) in [6, 6.07) is 2.16. The molecule has 0 aliphatic heterocycles. The highest BCUT2D eigenvalue weighted by Crippen LogP contribution is 2.11. The fraction of sp³-hybridized carbons (Fsp3) is 0.500. The van der Waals surface area contributed by atoms with Gasteiger partial charge in [-0.1, -0.05) is 0 Å². The van der Waals surface area contributed by atoms with Gasteiger partial charge in [0.15, 0.2) is 0 Å². The lowest BCUT2D eigenvalue weighted by Gasteiger charge is -2.15. The molecule has 0 saturated heterocycles. The second kappa shape index (κ2) is 6.90. The average Bonchev–Trinajstić information content (AvgIpc) is 2.24. The van der Waals surface area contributed by atoms with Crippen LogP contribution in [0.3, 0.4) is 0 Å². The topological polar surface area (TPSA) is 60.2 Å². The maximum absolute atomic E-state index is 5.44. The second-order valence-electron chi connectivity index (χ2n) is 3.24. The van der Waals surface area contributed by atoms with Crippen LogP contribution in [0.5, 0.6) is 0 Å². The number of hydrogen-bond acceptors (Lipinski definition) is 4. The SMILES string of the molecule is CCOCC(Cc1cncc(Br)c1)NN. The van der Waals surface area contributed by atoms with Crippen molar-refractivity contribution in [1.29, 1.82) is 0 Å². The van der Waals surface area contributed by atoms with Crippen LogP contribution in [0.25, 0.3) is 0 Å². The summed E-state index contributed by atoms with van der Waals surface area (Å²) in [5.41, 5.74) is 3.87. The smallest absolute Gasteiger partial charge is 0.0636 e. The first kappa shape index (κ1) is 12.6. The lowest BCUT2D eigenvalue weighted by Crippen LogP contribution is -2.40. The Labute approximate surface area is 98.3 Å². The molecule has 15 heavy (non-hydrogen) atoms. The molecule has 0 amide bonds. The van der Waals surface area contributed by atoms with E-state index >= 15 is 0 Å². The normalized spacial score (nSPS) is 12.7. The third-order valence-corrected chi connectivity index (χ3v) is 2.44. The summed E-state index contributed by atoms with van der Waals surface area (Å²) in [6.07, 6.45) is 4.40. The fourth-order valence-corrected chi connectivity index (χ4v) is 1.69. The number of rotatable bonds is 6. The number of hydrazine groups is 1. The summed E-state index contributed by atoms with van der Waals surface area (Å²) in [4.78, 5) is 4.10. The standard InChI is InChI=1S/C10H16BrN3O/c1-2-15-7-10(14-12)4-8-3-9(11)6-13-5-8/h3,5-6,10,14H,2,4,7,12H2,1H3. The van der Waals surface area contributed by atoms with Gasteiger partial charge < -0.3 is 4.74 Å². The molecule has 1 rings (SSSR count). The number of nitrogens with one attached hydrogen (secondary N) is 1. The fourth-order valence-electron chi connectivity index (χ4n) is 1.28. The summed E-state index contributed by atoms with van der Waals surface area (Å²) < 4.78 is 6.29. The van der Waals surface area contributed by atoms with Crippen molar-refractivity contribution in [2.75, 3.05) is 13.2 Å². The predicted molar refractivity (Wildman–Crippen MR) is 63.2 cm³/mol. The van der Waals surface area contributed by atoms with Crippen LogP contribution in [-0.2, 0) is 11.2 Å². The summed E-state index contributed by atoms with van der Waals surface area (Å²) >= 11 is 3.38. The first-order valence-electron chi connectivity index (χ1n) is 4.89. The number of nitrogens with two attached hydrogens (primary N) is 1. The molecule has 0 spiro atoms. The number of nitrogens with zero attached hydrogens (tertiary/aromatic N) is 1. The first-order valence-corrected chi connectivity index (χ1v) is 5.68. The lowest BCUT2D eigenvalue weighted by molar-refractivity contribution is 0.123. The van der Waals surface area contributed by atoms with Gasteiger partial charge in [-0.05, 0) is 40.9 Å². The molecule has 84 valence electrons. The zero-order valence-electron chi connectivity index (χ0n) is 8.74. The Kier molecular flexibility index (Phi) is 5.78. The van der Waals surface area contributed by atoms with E-state index in [4.69, 9.17) is 10.6 Å². The van der Waals surface area contributed by atoms with Crippen LogP contribution in [0.2, 0.25) is 0 Å². The van der Waals surface area contributed by atoms with Crippen LogP contribution in [-0.4, -0.2) is 24.2 Å². The highest BCUT2D eigenvalue weighted by molar-refractivity contribution is 9.10. The van der Waals surface area contributed by atoms with Gasteiger partial charge in [0, 0.05) is 29.5 Å². The van der Waals surface area contributed by atoms with Gasteiger partial charge in [0.05, 0.1) is 6.61 Å². The van der Waals surface area contributed by atoms with E-state index in [9.17, 15) is 0 Å². The van der Waals surface area contributed by atoms with E-state index in [0.717, 1.165) is 16.5 Å². The van der Waals surface area contributed by atoms with Crippen LogP contribution in [0.4, 0.5) is 0 Å². The second-order valence-corrected chi connectivity index (χ2v) is 4.15. The molecule has 0 aliphatic carbocycles. The molecule has 0 saturated carbocycles. The van der Waals surface area contributed by atoms with Crippen molar-refractivity contribution in [3.05, 3.63) is 28.5 Å². The van der Waals surface area contributed by atoms with Crippen LogP contribution < -0.4 is 11.3 Å². The van der Waals surface area contributed by atoms with Crippen molar-refractivity contribution in [2.24, 2.45) is 5.84 Å². The molecule has 3 N–H and O–H groups in total. The molecule has 0 aromatic carbocycles. The molecule has 0 bridgehead atoms. The van der Waals surface area contributed by atoms with Gasteiger partial charge in [-0.15, -0.1) is 0 Å². The summed E-state index contributed by atoms with van der Waals surface area (Å²) in [5.74, 6) is 5.44. The van der Waals surface area contributed by atoms with Gasteiger partial charge >= 0.3 is 0 Å². The number of ether oxygens (including phenoxy) is 1. The van der Waals surface area contributed by atoms with Gasteiger partial charge in [0.25, 0.3) is 0 Å². The van der Waals surface area contributed by atoms with Crippen LogP contribution >= 0.6 is 15.9 Å². The third kappa shape index (κ3) is 4.70. The van der Waals surface area contributed by atoms with Gasteiger partial charge in [-0.3, -0.25) is 16.3 Å². The minimum Gasteiger partial charge on any atom is -0.380 e. The van der Waals surface area contributed by atoms with Crippen molar-refractivity contribution < 1.29 is 4.74 Å². The average molecular weight is 274 g/mol. The minimum atomic E-state index is 0.126. The molecule has 1 atom stereocenters. The summed E-state index contributed by atoms with van der Waals surface area (Å²) in [7, 11) is 0. The van der Waals surface area contributed by atoms with Crippen molar-refractivity contribution in [1.82, 2.24) is 10.4 Å². The molecule has 0 aliphatic rings. The molecule has 0 radical (unpaired) electrons. The Morgan fingerprint density at radius 3 is 3.00 bits per heavy atom. The van der Waals surface area contributed by atoms with E-state index in [1.54, 1.807) is 6.20 Å². The van der Waals surface area contributed by atoms with Crippen molar-refractivity contribution in [3.63, 3.8) is 0 Å². The van der Waals surface area contributed by atoms with Gasteiger partial charge in [0.1, 0.15) is 0 Å². The summed E-state index contributed by atoms with van der Waals surface area (Å²) in [5, 5.41) is 0. The predicted octanol–water partition coefficient (Wildman–Crippen LogP) is 1.26. The third-order valence-electron chi connectivity index (χ3n) is 2.00. The Bertz CT molecular complexity index is 296. The zero-order chi connectivity index (χ0) is 11.1. The number of hydrogen-bond donors (Lipinski definition) is 2. The van der Waals surface area contributed by atoms with Crippen LogP contribution in [0, 0.1) is 0 Å². The molecule has 1 unspecified atom stereocenters. The molecule has 1 aromatic heterocycles. The summed E-state index contributed by atoms with van der Waals surface area (Å²) in [6.45, 7) is 3.28. The van der Waals surface area contributed by atoms with E-state index in [2.05, 4.69) is 26.3 Å². The van der Waals surface area contributed by atoms with Crippen LogP contribution in [0.1, 0.15) is 12.5 Å². The zero-order valence-corrected chi connectivity index (χ0v) is 10.3. The van der Waals surface area contributed by atoms with Crippen molar-refractivity contribution in [3.8, 4) is 0 Å². The molecule has 4 nitrogen and oxygen atoms in total. The quantitative estimate of drug-likeness (QED) is 0.605. The maximum Gasteiger partial charge on any atom is 0.0636 e. The first-order chi connectivity index (χ1) is 7.26. The molecular weight excluding hydrogens is 258 g/mol. The van der Waals surface area contributed by atoms with E-state index in [-0.39, 0.29) is 6.04 Å². The van der Waals surface area contributed by atoms with E-state index in [1.807, 2.05) is 19.2 Å². The van der Waals surface area contributed by atoms with Gasteiger partial charge in [0.2, 0.25) is 0 Å².